The van der Waals surface area contributed by atoms with E-state index in [-0.39, 0.29) is 16.6 Å². The van der Waals surface area contributed by atoms with Crippen molar-refractivity contribution in [2.75, 3.05) is 5.88 Å². The van der Waals surface area contributed by atoms with Crippen LogP contribution in [0.5, 0.6) is 0 Å². The fourth-order valence-electron chi connectivity index (χ4n) is 2.03. The van der Waals surface area contributed by atoms with Crippen LogP contribution in [-0.4, -0.2) is 26.7 Å². The number of aromatic amines is 1. The molecule has 2 rings (SSSR count). The van der Waals surface area contributed by atoms with Crippen molar-refractivity contribution in [2.45, 2.75) is 43.7 Å². The first-order valence-corrected chi connectivity index (χ1v) is 8.28. The second-order valence-electron chi connectivity index (χ2n) is 5.15. The molecule has 0 aliphatic carbocycles. The van der Waals surface area contributed by atoms with Gasteiger partial charge in [-0.15, -0.1) is 11.6 Å². The Balaban J connectivity index is 2.22. The molecule has 4 nitrogen and oxygen atoms in total. The molecule has 2 heterocycles. The van der Waals surface area contributed by atoms with Gasteiger partial charge in [0.2, 0.25) is 0 Å². The molecule has 124 valence electrons. The number of hydrogen-bond donors (Lipinski definition) is 1. The molecule has 0 aromatic carbocycles. The molecule has 0 saturated heterocycles. The lowest BCUT2D eigenvalue weighted by molar-refractivity contribution is -0.141. The molecular formula is C12H14Cl2F3N3OS. The summed E-state index contributed by atoms with van der Waals surface area (Å²) in [6.45, 7) is 3.57. The molecule has 1 aromatic heterocycles. The van der Waals surface area contributed by atoms with Crippen molar-refractivity contribution < 1.29 is 18.0 Å². The lowest BCUT2D eigenvalue weighted by atomic mass is 10.1. The highest BCUT2D eigenvalue weighted by Gasteiger charge is 2.41. The van der Waals surface area contributed by atoms with E-state index in [1.54, 1.807) is 13.8 Å². The summed E-state index contributed by atoms with van der Waals surface area (Å²) in [5.41, 5.74) is -1.59. The van der Waals surface area contributed by atoms with Gasteiger partial charge in [0, 0.05) is 17.2 Å². The van der Waals surface area contributed by atoms with E-state index in [0.29, 0.717) is 17.9 Å². The van der Waals surface area contributed by atoms with Gasteiger partial charge < -0.3 is 4.84 Å². The minimum atomic E-state index is -4.54. The number of rotatable bonds is 4. The third kappa shape index (κ3) is 3.65. The summed E-state index contributed by atoms with van der Waals surface area (Å²) in [5, 5.41) is 9.27. The molecule has 0 radical (unpaired) electrons. The van der Waals surface area contributed by atoms with E-state index in [2.05, 4.69) is 10.3 Å². The molecule has 1 aliphatic heterocycles. The summed E-state index contributed by atoms with van der Waals surface area (Å²) >= 11 is 12.8. The predicted molar refractivity (Wildman–Crippen MR) is 81.5 cm³/mol. The first-order valence-electron chi connectivity index (χ1n) is 6.49. The Morgan fingerprint density at radius 2 is 2.18 bits per heavy atom. The van der Waals surface area contributed by atoms with Crippen molar-refractivity contribution in [3.63, 3.8) is 0 Å². The minimum absolute atomic E-state index is 0.0520. The highest BCUT2D eigenvalue weighted by atomic mass is 35.5. The zero-order valence-corrected chi connectivity index (χ0v) is 14.1. The Kier molecular flexibility index (Phi) is 5.23. The Labute approximate surface area is 139 Å². The van der Waals surface area contributed by atoms with Crippen molar-refractivity contribution in [3.05, 3.63) is 16.4 Å². The zero-order valence-electron chi connectivity index (χ0n) is 11.8. The molecule has 1 N–H and O–H groups in total. The number of halogens is 5. The van der Waals surface area contributed by atoms with Crippen LogP contribution in [-0.2, 0) is 11.0 Å². The highest BCUT2D eigenvalue weighted by Crippen LogP contribution is 2.45. The van der Waals surface area contributed by atoms with Crippen LogP contribution in [0, 0.1) is 0 Å². The second-order valence-corrected chi connectivity index (χ2v) is 7.05. The monoisotopic (exact) mass is 375 g/mol. The number of aromatic nitrogens is 2. The Bertz CT molecular complexity index is 578. The summed E-state index contributed by atoms with van der Waals surface area (Å²) < 4.78 is 39.1. The van der Waals surface area contributed by atoms with Gasteiger partial charge in [-0.05, 0) is 13.3 Å². The molecule has 1 aromatic rings. The number of hydrogen-bond acceptors (Lipinski definition) is 4. The lowest BCUT2D eigenvalue weighted by Gasteiger charge is -2.18. The molecule has 0 spiro atoms. The van der Waals surface area contributed by atoms with E-state index in [1.807, 2.05) is 5.10 Å². The summed E-state index contributed by atoms with van der Waals surface area (Å²) in [6, 6.07) is 0. The van der Waals surface area contributed by atoms with Crippen LogP contribution in [0.25, 0.3) is 0 Å². The van der Waals surface area contributed by atoms with Crippen LogP contribution in [0.2, 0.25) is 5.15 Å². The van der Waals surface area contributed by atoms with Gasteiger partial charge in [-0.2, -0.15) is 18.3 Å². The summed E-state index contributed by atoms with van der Waals surface area (Å²) in [7, 11) is 0. The van der Waals surface area contributed by atoms with Crippen molar-refractivity contribution in [1.82, 2.24) is 10.2 Å². The van der Waals surface area contributed by atoms with Crippen molar-refractivity contribution >= 4 is 40.0 Å². The number of H-pyrrole nitrogens is 1. The van der Waals surface area contributed by atoms with E-state index in [0.717, 1.165) is 0 Å². The van der Waals surface area contributed by atoms with E-state index in [4.69, 9.17) is 28.0 Å². The summed E-state index contributed by atoms with van der Waals surface area (Å²) in [4.78, 5) is 5.25. The van der Waals surface area contributed by atoms with Crippen LogP contribution < -0.4 is 0 Å². The quantitative estimate of drug-likeness (QED) is 0.753. The maximum atomic E-state index is 13.0. The summed E-state index contributed by atoms with van der Waals surface area (Å²) in [5.74, 6) is 0.248. The summed E-state index contributed by atoms with van der Waals surface area (Å²) in [6.07, 6.45) is -3.65. The van der Waals surface area contributed by atoms with Gasteiger partial charge in [-0.3, -0.25) is 5.10 Å². The van der Waals surface area contributed by atoms with Crippen LogP contribution in [0.15, 0.2) is 5.16 Å². The van der Waals surface area contributed by atoms with Crippen LogP contribution in [0.4, 0.5) is 13.2 Å². The van der Waals surface area contributed by atoms with Gasteiger partial charge in [0.1, 0.15) is 10.7 Å². The highest BCUT2D eigenvalue weighted by molar-refractivity contribution is 8.14. The average molecular weight is 376 g/mol. The molecular weight excluding hydrogens is 362 g/mol. The van der Waals surface area contributed by atoms with Gasteiger partial charge in [0.05, 0.1) is 5.88 Å². The molecule has 0 saturated carbocycles. The molecule has 2 unspecified atom stereocenters. The fraction of sp³-hybridized carbons (Fsp3) is 0.667. The topological polar surface area (TPSA) is 50.3 Å². The number of alkyl halides is 4. The van der Waals surface area contributed by atoms with Crippen LogP contribution in [0.3, 0.4) is 0 Å². The third-order valence-corrected chi connectivity index (χ3v) is 5.39. The number of nitrogens with one attached hydrogen (secondary N) is 1. The first-order chi connectivity index (χ1) is 10.2. The largest absolute Gasteiger partial charge is 0.433 e. The van der Waals surface area contributed by atoms with Gasteiger partial charge in [-0.25, -0.2) is 0 Å². The van der Waals surface area contributed by atoms with E-state index in [1.165, 1.54) is 11.8 Å². The second kappa shape index (κ2) is 6.49. The number of oxime groups is 1. The van der Waals surface area contributed by atoms with Gasteiger partial charge in [0.25, 0.3) is 0 Å². The van der Waals surface area contributed by atoms with Crippen molar-refractivity contribution in [2.24, 2.45) is 5.16 Å². The van der Waals surface area contributed by atoms with Crippen molar-refractivity contribution in [1.29, 1.82) is 0 Å². The van der Waals surface area contributed by atoms with Crippen LogP contribution >= 0.6 is 35.0 Å². The smallest absolute Gasteiger partial charge is 0.387 e. The Morgan fingerprint density at radius 3 is 2.68 bits per heavy atom. The van der Waals surface area contributed by atoms with Gasteiger partial charge in [-0.1, -0.05) is 35.4 Å². The molecule has 22 heavy (non-hydrogen) atoms. The minimum Gasteiger partial charge on any atom is -0.387 e. The maximum Gasteiger partial charge on any atom is 0.433 e. The first kappa shape index (κ1) is 17.7. The molecule has 0 bridgehead atoms. The Hall–Kier alpha value is -0.600. The number of thioether (sulfide) groups is 1. The maximum absolute atomic E-state index is 13.0. The molecule has 0 fully saturated rings. The Morgan fingerprint density at radius 1 is 1.50 bits per heavy atom. The zero-order chi connectivity index (χ0) is 16.5. The van der Waals surface area contributed by atoms with Gasteiger partial charge >= 0.3 is 6.18 Å². The molecule has 10 heteroatoms. The average Bonchev–Trinajstić information content (AvgIpc) is 3.00. The van der Waals surface area contributed by atoms with Crippen LogP contribution in [0.1, 0.15) is 43.2 Å². The van der Waals surface area contributed by atoms with Gasteiger partial charge in [0.15, 0.2) is 10.8 Å². The fourth-order valence-corrected chi connectivity index (χ4v) is 3.82. The SMILES string of the molecule is CCC(SC1=NOC(C)(CCl)C1)c1c(Cl)n[nH]c1C(F)(F)F. The molecule has 1 aliphatic rings. The standard InChI is InChI=1S/C12H14Cl2F3N3OS/c1-3-6(22-7-4-11(2,5-13)21-20-7)8-9(12(15,16)17)18-19-10(8)14/h6H,3-5H2,1-2H3,(H,18,19). The molecule has 0 amide bonds. The number of nitrogens with zero attached hydrogens (tertiary/aromatic N) is 2. The van der Waals surface area contributed by atoms with E-state index in [9.17, 15) is 13.2 Å². The predicted octanol–water partition coefficient (Wildman–Crippen LogP) is 5.00. The normalized spacial score (nSPS) is 23.3. The van der Waals surface area contributed by atoms with Crippen molar-refractivity contribution in [3.8, 4) is 0 Å². The lowest BCUT2D eigenvalue weighted by Crippen LogP contribution is -2.26. The third-order valence-electron chi connectivity index (χ3n) is 3.19. The van der Waals surface area contributed by atoms with E-state index < -0.39 is 22.7 Å². The van der Waals surface area contributed by atoms with E-state index >= 15 is 0 Å². The molecule has 2 atom stereocenters.